The number of amides is 2. The number of thiocarbonyl (C=S) groups is 1. The zero-order valence-electron chi connectivity index (χ0n) is 19.1. The molecule has 2 aromatic carbocycles. The third-order valence-electron chi connectivity index (χ3n) is 5.30. The number of carbonyl (C=O) groups excluding carboxylic acids is 3. The average molecular weight is 484 g/mol. The van der Waals surface area contributed by atoms with Crippen molar-refractivity contribution in [2.45, 2.75) is 38.8 Å². The van der Waals surface area contributed by atoms with Crippen LogP contribution in [0.3, 0.4) is 0 Å². The highest BCUT2D eigenvalue weighted by atomic mass is 32.1. The van der Waals surface area contributed by atoms with E-state index in [1.54, 1.807) is 29.2 Å². The number of hydrogen-bond donors (Lipinski definition) is 2. The first-order valence-electron chi connectivity index (χ1n) is 11.3. The lowest BCUT2D eigenvalue weighted by Crippen LogP contribution is -2.60. The van der Waals surface area contributed by atoms with Crippen LogP contribution in [0.15, 0.2) is 54.6 Å². The number of esters is 1. The van der Waals surface area contributed by atoms with Gasteiger partial charge in [-0.15, -0.1) is 0 Å². The fourth-order valence-corrected chi connectivity index (χ4v) is 3.77. The Labute approximate surface area is 204 Å². The molecule has 180 valence electrons. The summed E-state index contributed by atoms with van der Waals surface area (Å²) >= 11 is 5.44. The number of unbranched alkanes of at least 4 members (excludes halogenated alkanes) is 1. The van der Waals surface area contributed by atoms with Crippen LogP contribution in [0.25, 0.3) is 0 Å². The smallest absolute Gasteiger partial charge is 0.308 e. The van der Waals surface area contributed by atoms with Crippen molar-refractivity contribution in [2.75, 3.05) is 19.7 Å². The first kappa shape index (κ1) is 25.2. The molecule has 1 atom stereocenters. The molecule has 0 bridgehead atoms. The summed E-state index contributed by atoms with van der Waals surface area (Å²) in [4.78, 5) is 39.4. The second-order valence-electron chi connectivity index (χ2n) is 7.81. The number of hydrogen-bond acceptors (Lipinski definition) is 6. The second kappa shape index (κ2) is 12.7. The molecule has 2 amide bonds. The van der Waals surface area contributed by atoms with Crippen molar-refractivity contribution in [3.63, 3.8) is 0 Å². The zero-order valence-corrected chi connectivity index (χ0v) is 19.9. The van der Waals surface area contributed by atoms with Crippen LogP contribution in [0.5, 0.6) is 5.75 Å². The Morgan fingerprint density at radius 1 is 1.15 bits per heavy atom. The van der Waals surface area contributed by atoms with Crippen LogP contribution in [-0.4, -0.2) is 53.5 Å². The van der Waals surface area contributed by atoms with Gasteiger partial charge >= 0.3 is 5.97 Å². The molecule has 0 aliphatic carbocycles. The van der Waals surface area contributed by atoms with Crippen molar-refractivity contribution in [1.29, 1.82) is 0 Å². The largest absolute Gasteiger partial charge is 0.493 e. The monoisotopic (exact) mass is 483 g/mol. The maximum atomic E-state index is 12.9. The van der Waals surface area contributed by atoms with E-state index in [9.17, 15) is 14.4 Å². The molecule has 2 N–H and O–H groups in total. The van der Waals surface area contributed by atoms with E-state index in [1.807, 2.05) is 30.3 Å². The lowest BCUT2D eigenvalue weighted by Gasteiger charge is -2.36. The van der Waals surface area contributed by atoms with Gasteiger partial charge in [0.1, 0.15) is 18.4 Å². The summed E-state index contributed by atoms with van der Waals surface area (Å²) in [6.07, 6.45) is 1.66. The van der Waals surface area contributed by atoms with Crippen molar-refractivity contribution in [3.8, 4) is 5.75 Å². The number of ether oxygens (including phenoxy) is 2. The highest BCUT2D eigenvalue weighted by molar-refractivity contribution is 7.80. The highest BCUT2D eigenvalue weighted by Crippen LogP contribution is 2.19. The molecule has 1 aliphatic rings. The summed E-state index contributed by atoms with van der Waals surface area (Å²) in [5.41, 5.74) is 1.20. The summed E-state index contributed by atoms with van der Waals surface area (Å²) in [6, 6.07) is 15.3. The minimum Gasteiger partial charge on any atom is -0.493 e. The van der Waals surface area contributed by atoms with Crippen LogP contribution in [0.2, 0.25) is 0 Å². The number of nitrogens with one attached hydrogen (secondary N) is 2. The molecule has 0 saturated carbocycles. The maximum Gasteiger partial charge on any atom is 0.308 e. The predicted molar refractivity (Wildman–Crippen MR) is 131 cm³/mol. The first-order chi connectivity index (χ1) is 16.5. The lowest BCUT2D eigenvalue weighted by molar-refractivity contribution is -0.148. The Kier molecular flexibility index (Phi) is 9.40. The molecular weight excluding hydrogens is 454 g/mol. The molecule has 3 rings (SSSR count). The van der Waals surface area contributed by atoms with Gasteiger partial charge in [0.25, 0.3) is 5.91 Å². The van der Waals surface area contributed by atoms with Gasteiger partial charge in [0.15, 0.2) is 5.11 Å². The SMILES string of the molecule is CCCCOc1ccccc1C(=O)NC(=S)N1CCNC(=O)C1CC(=O)OCc1ccccc1. The molecule has 1 unspecified atom stereocenters. The number of para-hydroxylation sites is 1. The van der Waals surface area contributed by atoms with Crippen LogP contribution in [0.4, 0.5) is 0 Å². The van der Waals surface area contributed by atoms with Gasteiger partial charge in [0.05, 0.1) is 18.6 Å². The molecule has 1 saturated heterocycles. The topological polar surface area (TPSA) is 97.0 Å². The van der Waals surface area contributed by atoms with Gasteiger partial charge < -0.3 is 19.7 Å². The molecule has 8 nitrogen and oxygen atoms in total. The van der Waals surface area contributed by atoms with Crippen molar-refractivity contribution < 1.29 is 23.9 Å². The van der Waals surface area contributed by atoms with Crippen LogP contribution in [0.1, 0.15) is 42.1 Å². The normalized spacial score (nSPS) is 15.3. The van der Waals surface area contributed by atoms with E-state index >= 15 is 0 Å². The van der Waals surface area contributed by atoms with Crippen molar-refractivity contribution in [1.82, 2.24) is 15.5 Å². The molecule has 0 spiro atoms. The summed E-state index contributed by atoms with van der Waals surface area (Å²) in [7, 11) is 0. The minimum atomic E-state index is -0.874. The summed E-state index contributed by atoms with van der Waals surface area (Å²) in [5, 5.41) is 5.50. The number of rotatable bonds is 9. The molecule has 1 fully saturated rings. The van der Waals surface area contributed by atoms with E-state index in [4.69, 9.17) is 21.7 Å². The molecule has 1 aliphatic heterocycles. The number of piperazine rings is 1. The van der Waals surface area contributed by atoms with E-state index in [0.717, 1.165) is 18.4 Å². The minimum absolute atomic E-state index is 0.0732. The van der Waals surface area contributed by atoms with E-state index in [1.165, 1.54) is 0 Å². The van der Waals surface area contributed by atoms with Crippen LogP contribution in [-0.2, 0) is 20.9 Å². The third kappa shape index (κ3) is 7.02. The lowest BCUT2D eigenvalue weighted by atomic mass is 10.1. The van der Waals surface area contributed by atoms with Crippen LogP contribution in [0, 0.1) is 0 Å². The Balaban J connectivity index is 1.62. The Morgan fingerprint density at radius 3 is 2.65 bits per heavy atom. The predicted octanol–water partition coefficient (Wildman–Crippen LogP) is 2.81. The fourth-order valence-electron chi connectivity index (χ4n) is 3.46. The van der Waals surface area contributed by atoms with E-state index in [0.29, 0.717) is 31.0 Å². The van der Waals surface area contributed by atoms with Gasteiger partial charge in [-0.05, 0) is 36.3 Å². The van der Waals surface area contributed by atoms with Crippen LogP contribution < -0.4 is 15.4 Å². The average Bonchev–Trinajstić information content (AvgIpc) is 2.85. The Morgan fingerprint density at radius 2 is 1.88 bits per heavy atom. The highest BCUT2D eigenvalue weighted by Gasteiger charge is 2.34. The van der Waals surface area contributed by atoms with Gasteiger partial charge in [-0.1, -0.05) is 55.8 Å². The van der Waals surface area contributed by atoms with Crippen molar-refractivity contribution in [3.05, 3.63) is 65.7 Å². The molecule has 34 heavy (non-hydrogen) atoms. The fraction of sp³-hybridized carbons (Fsp3) is 0.360. The van der Waals surface area contributed by atoms with Gasteiger partial charge in [0, 0.05) is 13.1 Å². The quantitative estimate of drug-likeness (QED) is 0.322. The van der Waals surface area contributed by atoms with Crippen molar-refractivity contribution in [2.24, 2.45) is 0 Å². The molecule has 0 aromatic heterocycles. The standard InChI is InChI=1S/C25H29N3O5S/c1-2-3-15-32-21-12-8-7-11-19(21)23(30)27-25(34)28-14-13-26-24(31)20(28)16-22(29)33-17-18-9-5-4-6-10-18/h4-12,20H,2-3,13-17H2,1H3,(H,26,31)(H,27,30,34). The Bertz CT molecular complexity index is 1010. The van der Waals surface area contributed by atoms with E-state index in [-0.39, 0.29) is 24.0 Å². The Hall–Kier alpha value is -3.46. The first-order valence-corrected chi connectivity index (χ1v) is 11.7. The van der Waals surface area contributed by atoms with Gasteiger partial charge in [-0.3, -0.25) is 19.7 Å². The molecule has 0 radical (unpaired) electrons. The third-order valence-corrected chi connectivity index (χ3v) is 5.64. The summed E-state index contributed by atoms with van der Waals surface area (Å²) < 4.78 is 11.1. The van der Waals surface area contributed by atoms with E-state index < -0.39 is 17.9 Å². The van der Waals surface area contributed by atoms with Gasteiger partial charge in [0.2, 0.25) is 5.91 Å². The van der Waals surface area contributed by atoms with E-state index in [2.05, 4.69) is 17.6 Å². The van der Waals surface area contributed by atoms with Gasteiger partial charge in [-0.25, -0.2) is 0 Å². The van der Waals surface area contributed by atoms with Crippen molar-refractivity contribution >= 4 is 35.1 Å². The number of carbonyl (C=O) groups is 3. The molecule has 2 aromatic rings. The molecule has 1 heterocycles. The number of benzene rings is 2. The second-order valence-corrected chi connectivity index (χ2v) is 8.19. The zero-order chi connectivity index (χ0) is 24.3. The summed E-state index contributed by atoms with van der Waals surface area (Å²) in [5.74, 6) is -0.843. The molecule has 9 heteroatoms. The van der Waals surface area contributed by atoms with Gasteiger partial charge in [-0.2, -0.15) is 0 Å². The molecular formula is C25H29N3O5S. The summed E-state index contributed by atoms with van der Waals surface area (Å²) in [6.45, 7) is 3.38. The maximum absolute atomic E-state index is 12.9. The van der Waals surface area contributed by atoms with Crippen LogP contribution >= 0.6 is 12.2 Å². The number of nitrogens with zero attached hydrogens (tertiary/aromatic N) is 1.